The van der Waals surface area contributed by atoms with Gasteiger partial charge in [-0.3, -0.25) is 9.59 Å². The first-order valence-electron chi connectivity index (χ1n) is 5.81. The van der Waals surface area contributed by atoms with Crippen molar-refractivity contribution in [3.63, 3.8) is 0 Å². The lowest BCUT2D eigenvalue weighted by atomic mass is 10.1. The standard InChI is InChI=1S/C12H17ClN4O2/c1-7(10(18)15-12(2,3)4)14-11(19)8-5-6-9(13)17-16-8/h5-7H,1-4H3,(H,14,19)(H,15,18). The maximum absolute atomic E-state index is 11.8. The van der Waals surface area contributed by atoms with E-state index in [-0.39, 0.29) is 22.3 Å². The Bertz CT molecular complexity index is 468. The summed E-state index contributed by atoms with van der Waals surface area (Å²) in [6, 6.07) is 2.24. The third-order valence-corrected chi connectivity index (χ3v) is 2.31. The van der Waals surface area contributed by atoms with Gasteiger partial charge in [0.05, 0.1) is 0 Å². The van der Waals surface area contributed by atoms with Gasteiger partial charge in [-0.1, -0.05) is 11.6 Å². The van der Waals surface area contributed by atoms with Crippen LogP contribution in [0.5, 0.6) is 0 Å². The van der Waals surface area contributed by atoms with Crippen LogP contribution >= 0.6 is 11.6 Å². The van der Waals surface area contributed by atoms with Gasteiger partial charge < -0.3 is 10.6 Å². The Morgan fingerprint density at radius 2 is 1.89 bits per heavy atom. The van der Waals surface area contributed by atoms with Gasteiger partial charge >= 0.3 is 0 Å². The minimum atomic E-state index is -0.663. The smallest absolute Gasteiger partial charge is 0.272 e. The van der Waals surface area contributed by atoms with E-state index in [2.05, 4.69) is 20.8 Å². The summed E-state index contributed by atoms with van der Waals surface area (Å²) >= 11 is 5.58. The van der Waals surface area contributed by atoms with Crippen LogP contribution in [0.2, 0.25) is 5.15 Å². The molecule has 0 bridgehead atoms. The number of nitrogens with zero attached hydrogens (tertiary/aromatic N) is 2. The second kappa shape index (κ2) is 5.97. The monoisotopic (exact) mass is 284 g/mol. The van der Waals surface area contributed by atoms with Crippen LogP contribution in [-0.4, -0.2) is 33.6 Å². The highest BCUT2D eigenvalue weighted by Crippen LogP contribution is 2.03. The molecule has 1 aromatic heterocycles. The molecular formula is C12H17ClN4O2. The second-order valence-electron chi connectivity index (χ2n) is 5.18. The van der Waals surface area contributed by atoms with E-state index in [1.54, 1.807) is 6.92 Å². The normalized spacial score (nSPS) is 12.7. The lowest BCUT2D eigenvalue weighted by Crippen LogP contribution is -2.50. The second-order valence-corrected chi connectivity index (χ2v) is 5.56. The third-order valence-electron chi connectivity index (χ3n) is 2.10. The fourth-order valence-electron chi connectivity index (χ4n) is 1.25. The SMILES string of the molecule is CC(NC(=O)c1ccc(Cl)nn1)C(=O)NC(C)(C)C. The molecule has 7 heteroatoms. The van der Waals surface area contributed by atoms with Crippen LogP contribution in [0.15, 0.2) is 12.1 Å². The molecule has 1 heterocycles. The Hall–Kier alpha value is -1.69. The van der Waals surface area contributed by atoms with E-state index >= 15 is 0 Å². The Morgan fingerprint density at radius 3 is 2.37 bits per heavy atom. The average molecular weight is 285 g/mol. The van der Waals surface area contributed by atoms with Gasteiger partial charge in [0.1, 0.15) is 6.04 Å². The number of hydrogen-bond donors (Lipinski definition) is 2. The predicted octanol–water partition coefficient (Wildman–Crippen LogP) is 1.16. The molecule has 2 N–H and O–H groups in total. The third kappa shape index (κ3) is 5.21. The Balaban J connectivity index is 2.61. The first kappa shape index (κ1) is 15.4. The molecule has 2 amide bonds. The van der Waals surface area contributed by atoms with Crippen LogP contribution in [0.4, 0.5) is 0 Å². The van der Waals surface area contributed by atoms with E-state index < -0.39 is 11.9 Å². The van der Waals surface area contributed by atoms with Gasteiger partial charge in [0.25, 0.3) is 5.91 Å². The number of aromatic nitrogens is 2. The van der Waals surface area contributed by atoms with Crippen molar-refractivity contribution in [1.29, 1.82) is 0 Å². The van der Waals surface area contributed by atoms with Crippen molar-refractivity contribution in [2.45, 2.75) is 39.3 Å². The van der Waals surface area contributed by atoms with E-state index in [0.717, 1.165) is 0 Å². The van der Waals surface area contributed by atoms with Gasteiger partial charge in [0.15, 0.2) is 10.8 Å². The fourth-order valence-corrected chi connectivity index (χ4v) is 1.35. The molecule has 1 aromatic rings. The zero-order chi connectivity index (χ0) is 14.6. The molecule has 104 valence electrons. The van der Waals surface area contributed by atoms with Gasteiger partial charge in [-0.05, 0) is 39.8 Å². The lowest BCUT2D eigenvalue weighted by molar-refractivity contribution is -0.124. The molecule has 1 unspecified atom stereocenters. The molecule has 0 aliphatic carbocycles. The summed E-state index contributed by atoms with van der Waals surface area (Å²) in [6.07, 6.45) is 0. The number of amides is 2. The lowest BCUT2D eigenvalue weighted by Gasteiger charge is -2.23. The van der Waals surface area contributed by atoms with Gasteiger partial charge in [-0.2, -0.15) is 0 Å². The van der Waals surface area contributed by atoms with Crippen LogP contribution in [0.3, 0.4) is 0 Å². The highest BCUT2D eigenvalue weighted by molar-refractivity contribution is 6.29. The van der Waals surface area contributed by atoms with E-state index in [0.29, 0.717) is 0 Å². The summed E-state index contributed by atoms with van der Waals surface area (Å²) in [5, 5.41) is 12.7. The molecule has 0 fully saturated rings. The number of hydrogen-bond acceptors (Lipinski definition) is 4. The molecule has 0 saturated carbocycles. The van der Waals surface area contributed by atoms with Crippen LogP contribution in [0.25, 0.3) is 0 Å². The highest BCUT2D eigenvalue weighted by atomic mass is 35.5. The van der Waals surface area contributed by atoms with E-state index in [1.807, 2.05) is 20.8 Å². The van der Waals surface area contributed by atoms with Crippen LogP contribution < -0.4 is 10.6 Å². The molecule has 0 aliphatic heterocycles. The number of rotatable bonds is 3. The summed E-state index contributed by atoms with van der Waals surface area (Å²) in [6.45, 7) is 7.20. The molecule has 0 saturated heterocycles. The average Bonchev–Trinajstić information content (AvgIpc) is 2.27. The van der Waals surface area contributed by atoms with E-state index in [9.17, 15) is 9.59 Å². The molecule has 19 heavy (non-hydrogen) atoms. The van der Waals surface area contributed by atoms with E-state index in [1.165, 1.54) is 12.1 Å². The summed E-state index contributed by atoms with van der Waals surface area (Å²) in [5.74, 6) is -0.733. The summed E-state index contributed by atoms with van der Waals surface area (Å²) in [5.41, 5.74) is -0.240. The zero-order valence-corrected chi connectivity index (χ0v) is 12.1. The van der Waals surface area contributed by atoms with Crippen molar-refractivity contribution in [2.75, 3.05) is 0 Å². The van der Waals surface area contributed by atoms with Crippen molar-refractivity contribution < 1.29 is 9.59 Å². The van der Waals surface area contributed by atoms with Gasteiger partial charge in [0.2, 0.25) is 5.91 Å². The molecule has 6 nitrogen and oxygen atoms in total. The first-order valence-corrected chi connectivity index (χ1v) is 6.19. The minimum Gasteiger partial charge on any atom is -0.350 e. The molecule has 0 aliphatic rings. The Morgan fingerprint density at radius 1 is 1.26 bits per heavy atom. The highest BCUT2D eigenvalue weighted by Gasteiger charge is 2.21. The van der Waals surface area contributed by atoms with Gasteiger partial charge in [-0.15, -0.1) is 10.2 Å². The predicted molar refractivity (Wildman–Crippen MR) is 71.9 cm³/mol. The van der Waals surface area contributed by atoms with Crippen LogP contribution in [0, 0.1) is 0 Å². The zero-order valence-electron chi connectivity index (χ0n) is 11.3. The molecular weight excluding hydrogens is 268 g/mol. The summed E-state index contributed by atoms with van der Waals surface area (Å²) < 4.78 is 0. The van der Waals surface area contributed by atoms with Crippen LogP contribution in [0.1, 0.15) is 38.2 Å². The quantitative estimate of drug-likeness (QED) is 0.872. The summed E-state index contributed by atoms with van der Waals surface area (Å²) in [7, 11) is 0. The van der Waals surface area contributed by atoms with Crippen molar-refractivity contribution >= 4 is 23.4 Å². The van der Waals surface area contributed by atoms with Crippen LogP contribution in [-0.2, 0) is 4.79 Å². The fraction of sp³-hybridized carbons (Fsp3) is 0.500. The maximum atomic E-state index is 11.8. The van der Waals surface area contributed by atoms with Gasteiger partial charge in [-0.25, -0.2) is 0 Å². The molecule has 0 spiro atoms. The van der Waals surface area contributed by atoms with Gasteiger partial charge in [0, 0.05) is 5.54 Å². The number of halogens is 1. The van der Waals surface area contributed by atoms with Crippen molar-refractivity contribution in [2.24, 2.45) is 0 Å². The number of carbonyl (C=O) groups is 2. The van der Waals surface area contributed by atoms with Crippen molar-refractivity contribution in [1.82, 2.24) is 20.8 Å². The molecule has 1 rings (SSSR count). The minimum absolute atomic E-state index is 0.111. The number of carbonyl (C=O) groups excluding carboxylic acids is 2. The molecule has 1 atom stereocenters. The van der Waals surface area contributed by atoms with Crippen molar-refractivity contribution in [3.05, 3.63) is 23.0 Å². The summed E-state index contributed by atoms with van der Waals surface area (Å²) in [4.78, 5) is 23.6. The number of nitrogens with one attached hydrogen (secondary N) is 2. The van der Waals surface area contributed by atoms with E-state index in [4.69, 9.17) is 11.6 Å². The Labute approximate surface area is 116 Å². The molecule has 0 radical (unpaired) electrons. The van der Waals surface area contributed by atoms with Crippen molar-refractivity contribution in [3.8, 4) is 0 Å². The topological polar surface area (TPSA) is 84.0 Å². The molecule has 0 aromatic carbocycles. The first-order chi connectivity index (χ1) is 8.69. The maximum Gasteiger partial charge on any atom is 0.272 e. The largest absolute Gasteiger partial charge is 0.350 e. The Kier molecular flexibility index (Phi) is 4.83.